The molecule has 0 atom stereocenters. The van der Waals surface area contributed by atoms with Gasteiger partial charge in [-0.1, -0.05) is 30.3 Å². The van der Waals surface area contributed by atoms with Crippen LogP contribution in [0.1, 0.15) is 36.5 Å². The third-order valence-electron chi connectivity index (χ3n) is 5.57. The van der Waals surface area contributed by atoms with Crippen LogP contribution in [0, 0.1) is 6.92 Å². The summed E-state index contributed by atoms with van der Waals surface area (Å²) < 4.78 is 8.07. The molecule has 1 aromatic heterocycles. The third kappa shape index (κ3) is 8.38. The second kappa shape index (κ2) is 13.6. The maximum Gasteiger partial charge on any atom is 0.191 e. The van der Waals surface area contributed by atoms with E-state index in [1.54, 1.807) is 7.05 Å². The number of benzene rings is 1. The number of halogens is 1. The van der Waals surface area contributed by atoms with E-state index in [-0.39, 0.29) is 24.0 Å². The molecule has 1 aliphatic rings. The molecule has 2 N–H and O–H groups in total. The standard InChI is InChI=1S/C22H35N7O.HI/c1-18-26-27-21(28(18)3)16-25-22(23-2)24-12-7-15-30-20-10-13-29(14-11-20)17-19-8-5-4-6-9-19;/h4-6,8-9,20H,7,10-17H2,1-3H3,(H2,23,24,25);1H. The van der Waals surface area contributed by atoms with E-state index in [4.69, 9.17) is 4.74 Å². The van der Waals surface area contributed by atoms with Crippen molar-refractivity contribution in [2.24, 2.45) is 12.0 Å². The number of piperidine rings is 1. The van der Waals surface area contributed by atoms with Crippen LogP contribution in [0.5, 0.6) is 0 Å². The van der Waals surface area contributed by atoms with Gasteiger partial charge in [0.1, 0.15) is 5.82 Å². The van der Waals surface area contributed by atoms with Crippen molar-refractivity contribution in [3.63, 3.8) is 0 Å². The Kier molecular flexibility index (Phi) is 11.2. The minimum Gasteiger partial charge on any atom is -0.378 e. The zero-order chi connectivity index (χ0) is 21.2. The molecule has 0 bridgehead atoms. The Morgan fingerprint density at radius 3 is 2.55 bits per heavy atom. The minimum absolute atomic E-state index is 0. The Labute approximate surface area is 202 Å². The zero-order valence-corrected chi connectivity index (χ0v) is 21.2. The molecule has 172 valence electrons. The van der Waals surface area contributed by atoms with Gasteiger partial charge in [0, 0.05) is 46.9 Å². The van der Waals surface area contributed by atoms with Crippen molar-refractivity contribution in [3.8, 4) is 0 Å². The highest BCUT2D eigenvalue weighted by Gasteiger charge is 2.19. The summed E-state index contributed by atoms with van der Waals surface area (Å²) in [6.07, 6.45) is 3.56. The number of hydrogen-bond donors (Lipinski definition) is 2. The minimum atomic E-state index is 0. The lowest BCUT2D eigenvalue weighted by atomic mass is 10.1. The van der Waals surface area contributed by atoms with E-state index in [9.17, 15) is 0 Å². The fourth-order valence-electron chi connectivity index (χ4n) is 3.59. The molecule has 1 aliphatic heterocycles. The molecule has 1 aromatic carbocycles. The molecule has 2 aromatic rings. The van der Waals surface area contributed by atoms with Gasteiger partial charge in [-0.25, -0.2) is 0 Å². The number of aliphatic imine (C=N–C) groups is 1. The summed E-state index contributed by atoms with van der Waals surface area (Å²) in [5.41, 5.74) is 1.39. The van der Waals surface area contributed by atoms with Crippen LogP contribution in [0.25, 0.3) is 0 Å². The van der Waals surface area contributed by atoms with Crippen molar-refractivity contribution >= 4 is 29.9 Å². The van der Waals surface area contributed by atoms with Crippen molar-refractivity contribution in [1.82, 2.24) is 30.3 Å². The summed E-state index contributed by atoms with van der Waals surface area (Å²) in [5.74, 6) is 2.56. The maximum absolute atomic E-state index is 6.10. The first kappa shape index (κ1) is 25.5. The predicted molar refractivity (Wildman–Crippen MR) is 135 cm³/mol. The van der Waals surface area contributed by atoms with Crippen molar-refractivity contribution < 1.29 is 4.74 Å². The summed E-state index contributed by atoms with van der Waals surface area (Å²) in [6.45, 7) is 7.38. The molecule has 3 rings (SSSR count). The van der Waals surface area contributed by atoms with Gasteiger partial charge in [-0.05, 0) is 31.7 Å². The lowest BCUT2D eigenvalue weighted by Crippen LogP contribution is -2.38. The van der Waals surface area contributed by atoms with Crippen LogP contribution in [0.2, 0.25) is 0 Å². The number of likely N-dealkylation sites (tertiary alicyclic amines) is 1. The summed E-state index contributed by atoms with van der Waals surface area (Å²) in [6, 6.07) is 10.7. The van der Waals surface area contributed by atoms with Gasteiger partial charge >= 0.3 is 0 Å². The molecule has 8 nitrogen and oxygen atoms in total. The molecule has 2 heterocycles. The largest absolute Gasteiger partial charge is 0.378 e. The highest BCUT2D eigenvalue weighted by molar-refractivity contribution is 14.0. The summed E-state index contributed by atoms with van der Waals surface area (Å²) in [5, 5.41) is 14.8. The van der Waals surface area contributed by atoms with Crippen molar-refractivity contribution in [2.75, 3.05) is 33.3 Å². The molecule has 0 spiro atoms. The van der Waals surface area contributed by atoms with Crippen LogP contribution >= 0.6 is 24.0 Å². The highest BCUT2D eigenvalue weighted by Crippen LogP contribution is 2.16. The van der Waals surface area contributed by atoms with Crippen LogP contribution in [-0.4, -0.2) is 65.0 Å². The summed E-state index contributed by atoms with van der Waals surface area (Å²) in [7, 11) is 3.74. The second-order valence-corrected chi connectivity index (χ2v) is 7.76. The van der Waals surface area contributed by atoms with Gasteiger partial charge in [0.05, 0.1) is 12.6 Å². The first-order valence-corrected chi connectivity index (χ1v) is 10.8. The number of nitrogens with zero attached hydrogens (tertiary/aromatic N) is 5. The first-order valence-electron chi connectivity index (χ1n) is 10.8. The molecule has 0 saturated carbocycles. The topological polar surface area (TPSA) is 79.6 Å². The Hall–Kier alpha value is -1.72. The molecule has 31 heavy (non-hydrogen) atoms. The fourth-order valence-corrected chi connectivity index (χ4v) is 3.59. The number of rotatable bonds is 9. The normalized spacial score (nSPS) is 15.5. The van der Waals surface area contributed by atoms with Gasteiger partial charge in [-0.2, -0.15) is 0 Å². The molecule has 1 fully saturated rings. The fraction of sp³-hybridized carbons (Fsp3) is 0.591. The molecule has 9 heteroatoms. The Balaban J connectivity index is 0.00000341. The SMILES string of the molecule is CN=C(NCCCOC1CCN(Cc2ccccc2)CC1)NCc1nnc(C)n1C.I. The van der Waals surface area contributed by atoms with E-state index in [1.807, 2.05) is 18.5 Å². The number of aryl methyl sites for hydroxylation is 1. The number of aromatic nitrogens is 3. The monoisotopic (exact) mass is 541 g/mol. The second-order valence-electron chi connectivity index (χ2n) is 7.76. The number of hydrogen-bond acceptors (Lipinski definition) is 5. The van der Waals surface area contributed by atoms with Gasteiger partial charge in [0.25, 0.3) is 0 Å². The third-order valence-corrected chi connectivity index (χ3v) is 5.57. The van der Waals surface area contributed by atoms with Gasteiger partial charge in [0.2, 0.25) is 0 Å². The van der Waals surface area contributed by atoms with Crippen LogP contribution < -0.4 is 10.6 Å². The Morgan fingerprint density at radius 1 is 1.16 bits per heavy atom. The van der Waals surface area contributed by atoms with Crippen LogP contribution in [0.4, 0.5) is 0 Å². The lowest BCUT2D eigenvalue weighted by Gasteiger charge is -2.32. The van der Waals surface area contributed by atoms with Gasteiger partial charge in [-0.15, -0.1) is 34.2 Å². The first-order chi connectivity index (χ1) is 14.7. The average molecular weight is 541 g/mol. The maximum atomic E-state index is 6.10. The average Bonchev–Trinajstić information content (AvgIpc) is 3.09. The highest BCUT2D eigenvalue weighted by atomic mass is 127. The smallest absolute Gasteiger partial charge is 0.191 e. The molecular formula is C22H36IN7O. The number of nitrogens with one attached hydrogen (secondary N) is 2. The predicted octanol–water partition coefficient (Wildman–Crippen LogP) is 2.48. The van der Waals surface area contributed by atoms with E-state index in [0.29, 0.717) is 12.6 Å². The van der Waals surface area contributed by atoms with Gasteiger partial charge in [-0.3, -0.25) is 9.89 Å². The molecular weight excluding hydrogens is 505 g/mol. The van der Waals surface area contributed by atoms with E-state index in [2.05, 4.69) is 61.1 Å². The van der Waals surface area contributed by atoms with Gasteiger partial charge in [0.15, 0.2) is 11.8 Å². The van der Waals surface area contributed by atoms with E-state index >= 15 is 0 Å². The lowest BCUT2D eigenvalue weighted by molar-refractivity contribution is 0.00534. The molecule has 1 saturated heterocycles. The van der Waals surface area contributed by atoms with Crippen molar-refractivity contribution in [3.05, 3.63) is 47.5 Å². The van der Waals surface area contributed by atoms with Crippen LogP contribution in [-0.2, 0) is 24.9 Å². The van der Waals surface area contributed by atoms with Crippen molar-refractivity contribution in [2.45, 2.75) is 45.4 Å². The van der Waals surface area contributed by atoms with Crippen LogP contribution in [0.15, 0.2) is 35.3 Å². The molecule has 0 aliphatic carbocycles. The van der Waals surface area contributed by atoms with Gasteiger partial charge < -0.3 is 19.9 Å². The number of ether oxygens (including phenoxy) is 1. The molecule has 0 radical (unpaired) electrons. The van der Waals surface area contributed by atoms with Crippen molar-refractivity contribution in [1.29, 1.82) is 0 Å². The Morgan fingerprint density at radius 2 is 1.90 bits per heavy atom. The summed E-state index contributed by atoms with van der Waals surface area (Å²) in [4.78, 5) is 6.78. The van der Waals surface area contributed by atoms with E-state index < -0.39 is 0 Å². The molecule has 0 amide bonds. The van der Waals surface area contributed by atoms with E-state index in [0.717, 1.165) is 69.7 Å². The van der Waals surface area contributed by atoms with Crippen LogP contribution in [0.3, 0.4) is 0 Å². The molecule has 0 unspecified atom stereocenters. The Bertz CT molecular complexity index is 788. The number of guanidine groups is 1. The summed E-state index contributed by atoms with van der Waals surface area (Å²) >= 11 is 0. The zero-order valence-electron chi connectivity index (χ0n) is 18.9. The quantitative estimate of drug-likeness (QED) is 0.220. The van der Waals surface area contributed by atoms with E-state index in [1.165, 1.54) is 5.56 Å².